The summed E-state index contributed by atoms with van der Waals surface area (Å²) < 4.78 is 26.4. The van der Waals surface area contributed by atoms with Crippen LogP contribution >= 0.6 is 21.2 Å². The van der Waals surface area contributed by atoms with Gasteiger partial charge in [-0.3, -0.25) is 18.1 Å². The van der Waals surface area contributed by atoms with Gasteiger partial charge in [-0.15, -0.1) is 0 Å². The molecule has 0 aromatic carbocycles. The molecule has 30 heavy (non-hydrogen) atoms. The van der Waals surface area contributed by atoms with E-state index in [2.05, 4.69) is 15.7 Å². The number of ketones is 1. The maximum absolute atomic E-state index is 11.0. The first-order valence-electron chi connectivity index (χ1n) is 10.7. The minimum Gasteiger partial charge on any atom is -0.368 e. The number of Topliss-reactive ketones (excluding diaryl/α,β-unsaturated/α-hetero) is 1. The second kappa shape index (κ2) is 9.75. The molecule has 0 radical (unpaired) electrons. The van der Waals surface area contributed by atoms with Crippen LogP contribution in [0.5, 0.6) is 0 Å². The number of ether oxygens (including phenoxy) is 1. The number of carbonyl (C=O) groups excluding carboxylic acids is 1. The average molecular weight is 577 g/mol. The van der Waals surface area contributed by atoms with Gasteiger partial charge in [-0.2, -0.15) is 0 Å². The molecule has 7 aliphatic heterocycles. The van der Waals surface area contributed by atoms with Crippen molar-refractivity contribution in [3.63, 3.8) is 0 Å². The molecule has 1 spiro atoms. The first kappa shape index (κ1) is 26.7. The number of hydrogen-bond acceptors (Lipinski definition) is 6. The van der Waals surface area contributed by atoms with Crippen LogP contribution in [0.2, 0.25) is 0 Å². The number of piperidine rings is 6. The third-order valence-corrected chi connectivity index (χ3v) is 5.76. The quantitative estimate of drug-likeness (QED) is 0.190. The predicted molar refractivity (Wildman–Crippen MR) is 139 cm³/mol. The molecular weight excluding hydrogens is 535 g/mol. The highest BCUT2D eigenvalue weighted by Gasteiger charge is 2.56. The van der Waals surface area contributed by atoms with E-state index in [1.807, 2.05) is 21.2 Å². The predicted octanol–water partition coefficient (Wildman–Crippen LogP) is 1.77. The third kappa shape index (κ3) is 10.8. The number of nitrogens with zero attached hydrogens (tertiary/aromatic N) is 2. The fraction of sp³-hybridized carbons (Fsp3) is 0.905. The highest BCUT2D eigenvalue weighted by atomic mass is 127. The van der Waals surface area contributed by atoms with Crippen LogP contribution < -0.4 is 0 Å². The number of hydrogen-bond donors (Lipinski definition) is 0. The van der Waals surface area contributed by atoms with Crippen molar-refractivity contribution in [1.82, 2.24) is 9.80 Å². The summed E-state index contributed by atoms with van der Waals surface area (Å²) in [5.41, 5.74) is 0.372. The lowest BCUT2D eigenvalue weighted by Crippen LogP contribution is -2.52. The molecular formula is C21H41IN2O4S2. The Morgan fingerprint density at radius 1 is 1.07 bits per heavy atom. The van der Waals surface area contributed by atoms with Crippen molar-refractivity contribution in [3.05, 3.63) is 0 Å². The van der Waals surface area contributed by atoms with Gasteiger partial charge in [0, 0.05) is 46.2 Å². The number of halogens is 1. The average Bonchev–Trinajstić information content (AvgIpc) is 3.32. The molecule has 1 atom stereocenters. The van der Waals surface area contributed by atoms with Crippen molar-refractivity contribution in [3.8, 4) is 0 Å². The summed E-state index contributed by atoms with van der Waals surface area (Å²) in [7, 11) is -1.67. The van der Waals surface area contributed by atoms with E-state index in [9.17, 15) is 13.2 Å². The Kier molecular flexibility index (Phi) is 8.68. The molecule has 7 saturated heterocycles. The standard InChI is InChI=1S/C8H13NO.C7H11NO.C3H9IOS.C3H8OS/c1-3-9-4-2-7(1)8(5-9)6-10-8;9-7-5-8-3-1-6(7)2-4-8;1-6(2,3,4)5;1-5(2,3)4/h7H,1-6H2;6H,1-5H2;1-3H3;1H2,2-3H3. The molecule has 0 saturated carbocycles. The first-order valence-corrected chi connectivity index (χ1v) is 19.0. The van der Waals surface area contributed by atoms with Crippen molar-refractivity contribution in [2.75, 3.05) is 77.2 Å². The van der Waals surface area contributed by atoms with Crippen LogP contribution in [0.4, 0.5) is 0 Å². The van der Waals surface area contributed by atoms with E-state index in [0.717, 1.165) is 45.0 Å². The van der Waals surface area contributed by atoms with Crippen molar-refractivity contribution in [1.29, 1.82) is 0 Å². The zero-order chi connectivity index (χ0) is 22.8. The topological polar surface area (TPSA) is 70.2 Å². The molecule has 0 aromatic rings. The molecule has 6 nitrogen and oxygen atoms in total. The van der Waals surface area contributed by atoms with Gasteiger partial charge in [0.15, 0.2) is 0 Å². The monoisotopic (exact) mass is 576 g/mol. The Balaban J connectivity index is 0.000000149. The maximum Gasteiger partial charge on any atom is 0.149 e. The lowest BCUT2D eigenvalue weighted by atomic mass is 9.79. The van der Waals surface area contributed by atoms with E-state index in [0.29, 0.717) is 17.3 Å². The zero-order valence-corrected chi connectivity index (χ0v) is 23.2. The van der Waals surface area contributed by atoms with E-state index in [-0.39, 0.29) is 0 Å². The van der Waals surface area contributed by atoms with E-state index >= 15 is 0 Å². The van der Waals surface area contributed by atoms with Crippen molar-refractivity contribution in [2.24, 2.45) is 11.8 Å². The van der Waals surface area contributed by atoms with Crippen LogP contribution in [0, 0.1) is 11.8 Å². The molecule has 178 valence electrons. The second-order valence-electron chi connectivity index (χ2n) is 10.6. The number of carbonyl (C=O) groups is 1. The molecule has 7 fully saturated rings. The van der Waals surface area contributed by atoms with E-state index in [4.69, 9.17) is 4.74 Å². The summed E-state index contributed by atoms with van der Waals surface area (Å²) in [6, 6.07) is 0. The number of epoxide rings is 1. The lowest BCUT2D eigenvalue weighted by Gasteiger charge is -2.43. The van der Waals surface area contributed by atoms with Gasteiger partial charge < -0.3 is 9.64 Å². The molecule has 0 amide bonds. The first-order chi connectivity index (χ1) is 13.5. The third-order valence-electron chi connectivity index (χ3n) is 5.76. The molecule has 1 unspecified atom stereocenters. The fourth-order valence-electron chi connectivity index (χ4n) is 4.31. The molecule has 4 bridgehead atoms. The van der Waals surface area contributed by atoms with Crippen LogP contribution in [-0.2, 0) is 25.3 Å². The van der Waals surface area contributed by atoms with E-state index in [1.165, 1.54) is 32.5 Å². The minimum absolute atomic E-state index is 0.372. The largest absolute Gasteiger partial charge is 0.368 e. The van der Waals surface area contributed by atoms with Gasteiger partial charge in [0.2, 0.25) is 0 Å². The minimum atomic E-state index is -2.13. The summed E-state index contributed by atoms with van der Waals surface area (Å²) in [5.74, 6) is 5.13. The Hall–Kier alpha value is 0.450. The van der Waals surface area contributed by atoms with Crippen molar-refractivity contribution < 1.29 is 17.9 Å². The molecule has 7 rings (SSSR count). The molecule has 0 aliphatic carbocycles. The van der Waals surface area contributed by atoms with E-state index in [1.54, 1.807) is 31.3 Å². The Labute approximate surface area is 195 Å². The summed E-state index contributed by atoms with van der Waals surface area (Å²) in [6.07, 6.45) is 11.3. The van der Waals surface area contributed by atoms with Crippen molar-refractivity contribution >= 4 is 48.6 Å². The maximum atomic E-state index is 11.0. The molecule has 7 heterocycles. The SMILES string of the molecule is C1CN2CCC1C1(CO1)C2.C=S(C)(C)=O.CS(C)(C)(=O)I.O=C1CN2CCC1CC2. The normalized spacial score (nSPS) is 37.4. The van der Waals surface area contributed by atoms with E-state index < -0.39 is 15.8 Å². The van der Waals surface area contributed by atoms with Crippen LogP contribution in [0.1, 0.15) is 25.7 Å². The number of rotatable bonds is 0. The van der Waals surface area contributed by atoms with Crippen LogP contribution in [-0.4, -0.2) is 113 Å². The number of fused-ring (bicyclic) bond motifs is 5. The molecule has 9 heteroatoms. The Morgan fingerprint density at radius 3 is 1.63 bits per heavy atom. The highest BCUT2D eigenvalue weighted by Crippen LogP contribution is 2.46. The van der Waals surface area contributed by atoms with Crippen LogP contribution in [0.15, 0.2) is 0 Å². The summed E-state index contributed by atoms with van der Waals surface area (Å²) in [4.78, 5) is 15.8. The summed E-state index contributed by atoms with van der Waals surface area (Å²) in [5, 5.41) is 0. The van der Waals surface area contributed by atoms with Gasteiger partial charge in [-0.25, -0.2) is 0 Å². The fourth-order valence-corrected chi connectivity index (χ4v) is 4.31. The van der Waals surface area contributed by atoms with Gasteiger partial charge in [0.25, 0.3) is 0 Å². The molecule has 0 N–H and O–H groups in total. The van der Waals surface area contributed by atoms with Crippen LogP contribution in [0.25, 0.3) is 0 Å². The van der Waals surface area contributed by atoms with Crippen molar-refractivity contribution in [2.45, 2.75) is 31.3 Å². The van der Waals surface area contributed by atoms with Crippen LogP contribution in [0.3, 0.4) is 0 Å². The lowest BCUT2D eigenvalue weighted by molar-refractivity contribution is -0.130. The van der Waals surface area contributed by atoms with Gasteiger partial charge in [0.1, 0.15) is 11.4 Å². The van der Waals surface area contributed by atoms with Gasteiger partial charge >= 0.3 is 0 Å². The second-order valence-corrected chi connectivity index (χ2v) is 27.0. The van der Waals surface area contributed by atoms with Gasteiger partial charge in [-0.05, 0) is 91.9 Å². The Bertz CT molecular complexity index is 741. The smallest absolute Gasteiger partial charge is 0.149 e. The summed E-state index contributed by atoms with van der Waals surface area (Å²) in [6.45, 7) is 8.01. The molecule has 0 aromatic heterocycles. The van der Waals surface area contributed by atoms with Gasteiger partial charge in [-0.1, -0.05) is 6.24 Å². The summed E-state index contributed by atoms with van der Waals surface area (Å²) >= 11 is 1.96. The van der Waals surface area contributed by atoms with Gasteiger partial charge in [0.05, 0.1) is 13.2 Å². The molecule has 7 aliphatic rings. The Morgan fingerprint density at radius 2 is 1.47 bits per heavy atom. The highest BCUT2D eigenvalue weighted by molar-refractivity contribution is 14.2. The zero-order valence-electron chi connectivity index (χ0n) is 19.4.